The van der Waals surface area contributed by atoms with Gasteiger partial charge in [-0.05, 0) is 58.2 Å². The normalized spacial score (nSPS) is 16.0. The average molecular weight is 287 g/mol. The minimum Gasteiger partial charge on any atom is -0.353 e. The molecule has 116 valence electrons. The number of hydrogen-bond acceptors (Lipinski definition) is 3. The summed E-state index contributed by atoms with van der Waals surface area (Å²) < 4.78 is 0. The van der Waals surface area contributed by atoms with Gasteiger partial charge in [-0.15, -0.1) is 0 Å². The number of pyridine rings is 1. The fourth-order valence-electron chi connectivity index (χ4n) is 2.42. The van der Waals surface area contributed by atoms with Crippen LogP contribution in [0.4, 0.5) is 5.82 Å². The molecule has 0 bridgehead atoms. The molecule has 0 spiro atoms. The average Bonchev–Trinajstić information content (AvgIpc) is 2.45. The Morgan fingerprint density at radius 2 is 2.05 bits per heavy atom. The van der Waals surface area contributed by atoms with Crippen LogP contribution >= 0.6 is 0 Å². The van der Waals surface area contributed by atoms with E-state index in [0.717, 1.165) is 38.3 Å². The number of aryl methyl sites for hydroxylation is 1. The third-order valence-electron chi connectivity index (χ3n) is 3.87. The van der Waals surface area contributed by atoms with Crippen molar-refractivity contribution in [3.63, 3.8) is 0 Å². The zero-order chi connectivity index (χ0) is 15.5. The lowest BCUT2D eigenvalue weighted by atomic mass is 10.1. The van der Waals surface area contributed by atoms with E-state index in [-0.39, 0.29) is 5.54 Å². The molecule has 1 N–H and O–H groups in total. The summed E-state index contributed by atoms with van der Waals surface area (Å²) in [6.07, 6.45) is 4.45. The molecule has 1 aromatic heterocycles. The first-order valence-corrected chi connectivity index (χ1v) is 8.03. The van der Waals surface area contributed by atoms with Crippen molar-refractivity contribution < 1.29 is 0 Å². The van der Waals surface area contributed by atoms with Gasteiger partial charge in [0.05, 0.1) is 0 Å². The third-order valence-corrected chi connectivity index (χ3v) is 3.87. The van der Waals surface area contributed by atoms with Gasteiger partial charge in [0.1, 0.15) is 5.82 Å². The van der Waals surface area contributed by atoms with Crippen molar-refractivity contribution in [3.8, 4) is 0 Å². The molecule has 2 heterocycles. The SMILES string of the molecule is CCc1cc(CNC(C)(C)C)cc(N2CC=C(C)CC2)n1. The predicted octanol–water partition coefficient (Wildman–Crippen LogP) is 3.69. The van der Waals surface area contributed by atoms with Crippen LogP contribution in [-0.4, -0.2) is 23.6 Å². The molecular formula is C18H29N3. The molecule has 0 fully saturated rings. The lowest BCUT2D eigenvalue weighted by Crippen LogP contribution is -2.35. The minimum atomic E-state index is 0.140. The first kappa shape index (κ1) is 16.0. The molecule has 3 nitrogen and oxygen atoms in total. The monoisotopic (exact) mass is 287 g/mol. The van der Waals surface area contributed by atoms with E-state index in [1.165, 1.54) is 16.8 Å². The lowest BCUT2D eigenvalue weighted by Gasteiger charge is -2.28. The van der Waals surface area contributed by atoms with Crippen molar-refractivity contribution in [2.24, 2.45) is 0 Å². The second-order valence-corrected chi connectivity index (χ2v) is 7.03. The third kappa shape index (κ3) is 4.85. The standard InChI is InChI=1S/C18H29N3/c1-6-16-11-15(13-19-18(3,4)5)12-17(20-16)21-9-7-14(2)8-10-21/h7,11-12,19H,6,8-10,13H2,1-5H3. The van der Waals surface area contributed by atoms with Crippen molar-refractivity contribution in [1.29, 1.82) is 0 Å². The molecule has 1 aliphatic rings. The van der Waals surface area contributed by atoms with Crippen molar-refractivity contribution in [1.82, 2.24) is 10.3 Å². The summed E-state index contributed by atoms with van der Waals surface area (Å²) in [7, 11) is 0. The number of nitrogens with one attached hydrogen (secondary N) is 1. The van der Waals surface area contributed by atoms with Crippen molar-refractivity contribution in [2.75, 3.05) is 18.0 Å². The maximum absolute atomic E-state index is 4.81. The topological polar surface area (TPSA) is 28.2 Å². The molecule has 0 saturated carbocycles. The fraction of sp³-hybridized carbons (Fsp3) is 0.611. The summed E-state index contributed by atoms with van der Waals surface area (Å²) in [5.74, 6) is 1.13. The van der Waals surface area contributed by atoms with Crippen molar-refractivity contribution in [3.05, 3.63) is 35.0 Å². The Balaban J connectivity index is 2.17. The fourth-order valence-corrected chi connectivity index (χ4v) is 2.42. The maximum Gasteiger partial charge on any atom is 0.129 e. The Hall–Kier alpha value is -1.35. The van der Waals surface area contributed by atoms with Crippen molar-refractivity contribution in [2.45, 2.75) is 59.5 Å². The number of hydrogen-bond donors (Lipinski definition) is 1. The van der Waals surface area contributed by atoms with Gasteiger partial charge in [0, 0.05) is 30.9 Å². The van der Waals surface area contributed by atoms with Gasteiger partial charge >= 0.3 is 0 Å². The molecule has 0 unspecified atom stereocenters. The second kappa shape index (κ2) is 6.61. The van der Waals surface area contributed by atoms with Crippen LogP contribution in [-0.2, 0) is 13.0 Å². The van der Waals surface area contributed by atoms with Gasteiger partial charge in [0.15, 0.2) is 0 Å². The van der Waals surface area contributed by atoms with Crippen LogP contribution in [0.15, 0.2) is 23.8 Å². The molecule has 0 aromatic carbocycles. The summed E-state index contributed by atoms with van der Waals surface area (Å²) >= 11 is 0. The number of aromatic nitrogens is 1. The Morgan fingerprint density at radius 1 is 1.29 bits per heavy atom. The van der Waals surface area contributed by atoms with Crippen LogP contribution in [0.25, 0.3) is 0 Å². The van der Waals surface area contributed by atoms with Crippen LogP contribution in [0, 0.1) is 0 Å². The van der Waals surface area contributed by atoms with E-state index in [9.17, 15) is 0 Å². The van der Waals surface area contributed by atoms with Crippen LogP contribution in [0.1, 0.15) is 52.3 Å². The van der Waals surface area contributed by atoms with E-state index in [0.29, 0.717) is 0 Å². The first-order chi connectivity index (χ1) is 9.87. The molecule has 1 aliphatic heterocycles. The van der Waals surface area contributed by atoms with E-state index < -0.39 is 0 Å². The molecule has 0 amide bonds. The Morgan fingerprint density at radius 3 is 2.62 bits per heavy atom. The highest BCUT2D eigenvalue weighted by molar-refractivity contribution is 5.45. The second-order valence-electron chi connectivity index (χ2n) is 7.03. The Bertz CT molecular complexity index is 512. The van der Waals surface area contributed by atoms with Crippen molar-refractivity contribution >= 4 is 5.82 Å². The first-order valence-electron chi connectivity index (χ1n) is 8.03. The maximum atomic E-state index is 4.81. The number of rotatable bonds is 4. The Kier molecular flexibility index (Phi) is 5.04. The van der Waals surface area contributed by atoms with Gasteiger partial charge in [-0.2, -0.15) is 0 Å². The molecule has 21 heavy (non-hydrogen) atoms. The van der Waals surface area contributed by atoms with Gasteiger partial charge in [-0.25, -0.2) is 4.98 Å². The summed E-state index contributed by atoms with van der Waals surface area (Å²) in [4.78, 5) is 7.20. The zero-order valence-corrected chi connectivity index (χ0v) is 14.2. The molecule has 0 aliphatic carbocycles. The van der Waals surface area contributed by atoms with Gasteiger partial charge < -0.3 is 10.2 Å². The van der Waals surface area contributed by atoms with Crippen LogP contribution in [0.3, 0.4) is 0 Å². The predicted molar refractivity (Wildman–Crippen MR) is 90.8 cm³/mol. The highest BCUT2D eigenvalue weighted by Gasteiger charge is 2.14. The van der Waals surface area contributed by atoms with Gasteiger partial charge in [0.25, 0.3) is 0 Å². The van der Waals surface area contributed by atoms with Crippen LogP contribution in [0.5, 0.6) is 0 Å². The molecule has 0 saturated heterocycles. The molecule has 3 heteroatoms. The van der Waals surface area contributed by atoms with Gasteiger partial charge in [-0.3, -0.25) is 0 Å². The summed E-state index contributed by atoms with van der Waals surface area (Å²) in [6.45, 7) is 14.0. The Labute approximate surface area is 129 Å². The van der Waals surface area contributed by atoms with E-state index in [2.05, 4.69) is 63.0 Å². The summed E-state index contributed by atoms with van der Waals surface area (Å²) in [6, 6.07) is 4.47. The quantitative estimate of drug-likeness (QED) is 0.856. The largest absolute Gasteiger partial charge is 0.353 e. The van der Waals surface area contributed by atoms with E-state index in [1.54, 1.807) is 0 Å². The summed E-state index contributed by atoms with van der Waals surface area (Å²) in [5, 5.41) is 3.57. The van der Waals surface area contributed by atoms with E-state index in [4.69, 9.17) is 4.98 Å². The van der Waals surface area contributed by atoms with E-state index >= 15 is 0 Å². The highest BCUT2D eigenvalue weighted by atomic mass is 15.2. The number of nitrogens with zero attached hydrogens (tertiary/aromatic N) is 2. The van der Waals surface area contributed by atoms with E-state index in [1.807, 2.05) is 0 Å². The zero-order valence-electron chi connectivity index (χ0n) is 14.2. The highest BCUT2D eigenvalue weighted by Crippen LogP contribution is 2.20. The lowest BCUT2D eigenvalue weighted by molar-refractivity contribution is 0.424. The smallest absolute Gasteiger partial charge is 0.129 e. The van der Waals surface area contributed by atoms with Gasteiger partial charge in [-0.1, -0.05) is 18.6 Å². The van der Waals surface area contributed by atoms with Crippen LogP contribution < -0.4 is 10.2 Å². The molecule has 2 rings (SSSR count). The molecule has 1 aromatic rings. The molecular weight excluding hydrogens is 258 g/mol. The minimum absolute atomic E-state index is 0.140. The van der Waals surface area contributed by atoms with Gasteiger partial charge in [0.2, 0.25) is 0 Å². The summed E-state index contributed by atoms with van der Waals surface area (Å²) in [5.41, 5.74) is 4.15. The molecule has 0 atom stereocenters. The number of anilines is 1. The molecule has 0 radical (unpaired) electrons. The van der Waals surface area contributed by atoms with Crippen LogP contribution in [0.2, 0.25) is 0 Å².